The summed E-state index contributed by atoms with van der Waals surface area (Å²) in [5.74, 6) is 2.28. The Morgan fingerprint density at radius 3 is 2.90 bits per heavy atom. The third-order valence-electron chi connectivity index (χ3n) is 4.05. The average Bonchev–Trinajstić information content (AvgIpc) is 2.43. The van der Waals surface area contributed by atoms with Crippen molar-refractivity contribution in [2.45, 2.75) is 59.1 Å². The first-order valence-electron chi connectivity index (χ1n) is 7.97. The van der Waals surface area contributed by atoms with Gasteiger partial charge in [0.05, 0.1) is 6.20 Å². The fraction of sp³-hybridized carbons (Fsp3) is 0.706. The zero-order chi connectivity index (χ0) is 14.4. The standard InChI is InChI=1S/C17H28N2O/c1-13(2)10-19-11-15-8-9-18-12-17(15)20-16-7-5-4-6-14(16)3/h8-9,12-14,16,19H,4-7,10-11H2,1-3H3. The molecule has 0 bridgehead atoms. The molecule has 1 aromatic heterocycles. The van der Waals surface area contributed by atoms with Gasteiger partial charge in [-0.3, -0.25) is 4.98 Å². The van der Waals surface area contributed by atoms with Crippen molar-refractivity contribution in [1.29, 1.82) is 0 Å². The first-order chi connectivity index (χ1) is 9.66. The van der Waals surface area contributed by atoms with Gasteiger partial charge in [-0.2, -0.15) is 0 Å². The van der Waals surface area contributed by atoms with Crippen LogP contribution in [0.5, 0.6) is 5.75 Å². The highest BCUT2D eigenvalue weighted by Gasteiger charge is 2.23. The Hall–Kier alpha value is -1.09. The predicted octanol–water partition coefficient (Wildman–Crippen LogP) is 3.78. The minimum absolute atomic E-state index is 0.358. The van der Waals surface area contributed by atoms with Crippen molar-refractivity contribution >= 4 is 0 Å². The number of nitrogens with one attached hydrogen (secondary N) is 1. The first kappa shape index (κ1) is 15.3. The Bertz CT molecular complexity index is 406. The number of rotatable bonds is 6. The SMILES string of the molecule is CC(C)CNCc1ccncc1OC1CCCCC1C. The molecule has 0 spiro atoms. The highest BCUT2D eigenvalue weighted by Crippen LogP contribution is 2.29. The van der Waals surface area contributed by atoms with E-state index in [2.05, 4.69) is 37.1 Å². The predicted molar refractivity (Wildman–Crippen MR) is 82.8 cm³/mol. The van der Waals surface area contributed by atoms with Gasteiger partial charge in [0.2, 0.25) is 0 Å². The molecular weight excluding hydrogens is 248 g/mol. The van der Waals surface area contributed by atoms with Crippen molar-refractivity contribution < 1.29 is 4.74 Å². The van der Waals surface area contributed by atoms with Gasteiger partial charge in [0, 0.05) is 18.3 Å². The van der Waals surface area contributed by atoms with Gasteiger partial charge in [0.1, 0.15) is 11.9 Å². The Balaban J connectivity index is 1.96. The van der Waals surface area contributed by atoms with E-state index in [9.17, 15) is 0 Å². The molecule has 0 aromatic carbocycles. The zero-order valence-corrected chi connectivity index (χ0v) is 13.1. The van der Waals surface area contributed by atoms with Crippen molar-refractivity contribution in [1.82, 2.24) is 10.3 Å². The molecule has 3 heteroatoms. The molecule has 1 fully saturated rings. The van der Waals surface area contributed by atoms with Crippen LogP contribution >= 0.6 is 0 Å². The average molecular weight is 276 g/mol. The Morgan fingerprint density at radius 1 is 1.35 bits per heavy atom. The number of nitrogens with zero attached hydrogens (tertiary/aromatic N) is 1. The number of ether oxygens (including phenoxy) is 1. The second-order valence-corrected chi connectivity index (χ2v) is 6.43. The molecule has 1 aromatic rings. The lowest BCUT2D eigenvalue weighted by atomic mass is 9.88. The van der Waals surface area contributed by atoms with E-state index in [0.717, 1.165) is 18.8 Å². The number of pyridine rings is 1. The summed E-state index contributed by atoms with van der Waals surface area (Å²) < 4.78 is 6.25. The van der Waals surface area contributed by atoms with Crippen LogP contribution in [-0.2, 0) is 6.54 Å². The Morgan fingerprint density at radius 2 is 2.15 bits per heavy atom. The maximum absolute atomic E-state index is 6.25. The Kier molecular flexibility index (Phi) is 5.84. The van der Waals surface area contributed by atoms with Crippen LogP contribution in [0.2, 0.25) is 0 Å². The van der Waals surface area contributed by atoms with Crippen LogP contribution in [0, 0.1) is 11.8 Å². The van der Waals surface area contributed by atoms with Crippen LogP contribution in [0.25, 0.3) is 0 Å². The molecule has 3 nitrogen and oxygen atoms in total. The lowest BCUT2D eigenvalue weighted by Gasteiger charge is -2.30. The van der Waals surface area contributed by atoms with E-state index in [4.69, 9.17) is 4.74 Å². The van der Waals surface area contributed by atoms with Gasteiger partial charge in [-0.15, -0.1) is 0 Å². The number of hydrogen-bond donors (Lipinski definition) is 1. The van der Waals surface area contributed by atoms with Crippen LogP contribution in [0.3, 0.4) is 0 Å². The van der Waals surface area contributed by atoms with Gasteiger partial charge in [0.25, 0.3) is 0 Å². The maximum Gasteiger partial charge on any atom is 0.142 e. The highest BCUT2D eigenvalue weighted by molar-refractivity contribution is 5.30. The fourth-order valence-corrected chi connectivity index (χ4v) is 2.78. The summed E-state index contributed by atoms with van der Waals surface area (Å²) >= 11 is 0. The molecule has 1 aliphatic carbocycles. The van der Waals surface area contributed by atoms with Crippen molar-refractivity contribution in [3.05, 3.63) is 24.0 Å². The summed E-state index contributed by atoms with van der Waals surface area (Å²) in [5.41, 5.74) is 1.22. The summed E-state index contributed by atoms with van der Waals surface area (Å²) in [6.45, 7) is 8.64. The molecule has 2 atom stereocenters. The largest absolute Gasteiger partial charge is 0.488 e. The van der Waals surface area contributed by atoms with E-state index in [1.54, 1.807) is 0 Å². The van der Waals surface area contributed by atoms with Crippen molar-refractivity contribution in [2.24, 2.45) is 11.8 Å². The third kappa shape index (κ3) is 4.48. The minimum Gasteiger partial charge on any atom is -0.488 e. The quantitative estimate of drug-likeness (QED) is 0.858. The molecule has 0 radical (unpaired) electrons. The van der Waals surface area contributed by atoms with Crippen molar-refractivity contribution in [3.63, 3.8) is 0 Å². The smallest absolute Gasteiger partial charge is 0.142 e. The fourth-order valence-electron chi connectivity index (χ4n) is 2.78. The Labute approximate surface area is 123 Å². The van der Waals surface area contributed by atoms with Gasteiger partial charge in [-0.1, -0.05) is 27.2 Å². The second-order valence-electron chi connectivity index (χ2n) is 6.43. The van der Waals surface area contributed by atoms with Crippen LogP contribution < -0.4 is 10.1 Å². The summed E-state index contributed by atoms with van der Waals surface area (Å²) in [5, 5.41) is 3.48. The van der Waals surface area contributed by atoms with Gasteiger partial charge in [-0.25, -0.2) is 0 Å². The highest BCUT2D eigenvalue weighted by atomic mass is 16.5. The van der Waals surface area contributed by atoms with Crippen LogP contribution in [0.1, 0.15) is 52.0 Å². The van der Waals surface area contributed by atoms with Crippen LogP contribution in [0.4, 0.5) is 0 Å². The van der Waals surface area contributed by atoms with E-state index in [1.807, 2.05) is 12.4 Å². The van der Waals surface area contributed by atoms with Crippen molar-refractivity contribution in [3.8, 4) is 5.75 Å². The summed E-state index contributed by atoms with van der Waals surface area (Å²) in [4.78, 5) is 4.23. The normalized spacial score (nSPS) is 23.0. The molecule has 1 N–H and O–H groups in total. The molecule has 2 rings (SSSR count). The molecule has 0 saturated heterocycles. The molecule has 1 heterocycles. The topological polar surface area (TPSA) is 34.2 Å². The van der Waals surface area contributed by atoms with Crippen molar-refractivity contribution in [2.75, 3.05) is 6.54 Å². The van der Waals surface area contributed by atoms with E-state index >= 15 is 0 Å². The lowest BCUT2D eigenvalue weighted by Crippen LogP contribution is -2.29. The number of aromatic nitrogens is 1. The van der Waals surface area contributed by atoms with Gasteiger partial charge >= 0.3 is 0 Å². The molecule has 1 saturated carbocycles. The molecule has 0 amide bonds. The minimum atomic E-state index is 0.358. The summed E-state index contributed by atoms with van der Waals surface area (Å²) in [7, 11) is 0. The van der Waals surface area contributed by atoms with Crippen LogP contribution in [-0.4, -0.2) is 17.6 Å². The lowest BCUT2D eigenvalue weighted by molar-refractivity contribution is 0.101. The summed E-state index contributed by atoms with van der Waals surface area (Å²) in [6, 6.07) is 2.07. The van der Waals surface area contributed by atoms with Crippen LogP contribution in [0.15, 0.2) is 18.5 Å². The molecule has 0 aliphatic heterocycles. The monoisotopic (exact) mass is 276 g/mol. The first-order valence-corrected chi connectivity index (χ1v) is 7.97. The van der Waals surface area contributed by atoms with E-state index in [0.29, 0.717) is 17.9 Å². The third-order valence-corrected chi connectivity index (χ3v) is 4.05. The van der Waals surface area contributed by atoms with Gasteiger partial charge in [0.15, 0.2) is 0 Å². The van der Waals surface area contributed by atoms with Gasteiger partial charge in [-0.05, 0) is 43.7 Å². The maximum atomic E-state index is 6.25. The molecule has 1 aliphatic rings. The number of hydrogen-bond acceptors (Lipinski definition) is 3. The molecule has 2 unspecified atom stereocenters. The molecule has 112 valence electrons. The molecular formula is C17H28N2O. The van der Waals surface area contributed by atoms with Gasteiger partial charge < -0.3 is 10.1 Å². The zero-order valence-electron chi connectivity index (χ0n) is 13.1. The van der Waals surface area contributed by atoms with E-state index in [-0.39, 0.29) is 0 Å². The van der Waals surface area contributed by atoms with E-state index in [1.165, 1.54) is 31.2 Å². The molecule has 20 heavy (non-hydrogen) atoms. The summed E-state index contributed by atoms with van der Waals surface area (Å²) in [6.07, 6.45) is 9.17. The second kappa shape index (κ2) is 7.63. The van der Waals surface area contributed by atoms with E-state index < -0.39 is 0 Å².